The molecule has 0 saturated carbocycles. The van der Waals surface area contributed by atoms with Gasteiger partial charge in [-0.25, -0.2) is 0 Å². The molecule has 0 amide bonds. The molecule has 1 aromatic carbocycles. The fourth-order valence-electron chi connectivity index (χ4n) is 2.52. The summed E-state index contributed by atoms with van der Waals surface area (Å²) in [5.41, 5.74) is 2.16. The van der Waals surface area contributed by atoms with Crippen LogP contribution in [0.5, 0.6) is 0 Å². The van der Waals surface area contributed by atoms with Crippen molar-refractivity contribution in [3.8, 4) is 6.07 Å². The molecule has 0 aliphatic carbocycles. The van der Waals surface area contributed by atoms with E-state index in [-0.39, 0.29) is 0 Å². The van der Waals surface area contributed by atoms with Crippen LogP contribution in [0.4, 0.5) is 5.69 Å². The van der Waals surface area contributed by atoms with Gasteiger partial charge in [-0.1, -0.05) is 15.9 Å². The van der Waals surface area contributed by atoms with Crippen LogP contribution in [0, 0.1) is 16.7 Å². The van der Waals surface area contributed by atoms with Gasteiger partial charge in [0, 0.05) is 43.2 Å². The maximum absolute atomic E-state index is 8.82. The Kier molecular flexibility index (Phi) is 4.84. The number of anilines is 1. The van der Waals surface area contributed by atoms with Gasteiger partial charge in [0.1, 0.15) is 0 Å². The van der Waals surface area contributed by atoms with Crippen molar-refractivity contribution in [2.24, 2.45) is 5.41 Å². The molecule has 1 aliphatic heterocycles. The van der Waals surface area contributed by atoms with E-state index < -0.39 is 0 Å². The molecule has 19 heavy (non-hydrogen) atoms. The summed E-state index contributed by atoms with van der Waals surface area (Å²) in [6.45, 7) is 2.72. The van der Waals surface area contributed by atoms with Crippen molar-refractivity contribution in [1.82, 2.24) is 0 Å². The predicted molar refractivity (Wildman–Crippen MR) is 80.7 cm³/mol. The van der Waals surface area contributed by atoms with E-state index in [2.05, 4.69) is 33.9 Å². The number of ether oxygens (including phenoxy) is 1. The second-order valence-electron chi connectivity index (χ2n) is 5.26. The average Bonchev–Trinajstić information content (AvgIpc) is 2.48. The van der Waals surface area contributed by atoms with Crippen molar-refractivity contribution >= 4 is 21.6 Å². The molecule has 2 rings (SSSR count). The molecule has 0 N–H and O–H groups in total. The lowest BCUT2D eigenvalue weighted by atomic mass is 9.82. The summed E-state index contributed by atoms with van der Waals surface area (Å²) >= 11 is 3.67. The highest BCUT2D eigenvalue weighted by atomic mass is 79.9. The van der Waals surface area contributed by atoms with Gasteiger partial charge in [0.25, 0.3) is 0 Å². The standard InChI is InChI=1S/C15H19BrN2O/c1-18(14-4-2-13(10-17)3-5-14)12-15(11-16)6-8-19-9-7-15/h2-5H,6-9,11-12H2,1H3. The number of alkyl halides is 1. The Morgan fingerprint density at radius 2 is 1.95 bits per heavy atom. The van der Waals surface area contributed by atoms with Crippen LogP contribution < -0.4 is 4.90 Å². The van der Waals surface area contributed by atoms with E-state index in [1.165, 1.54) is 0 Å². The molecular weight excluding hydrogens is 304 g/mol. The van der Waals surface area contributed by atoms with Gasteiger partial charge in [0.05, 0.1) is 11.6 Å². The minimum atomic E-state index is 0.293. The van der Waals surface area contributed by atoms with Gasteiger partial charge in [-0.05, 0) is 37.1 Å². The zero-order chi connectivity index (χ0) is 13.7. The van der Waals surface area contributed by atoms with Gasteiger partial charge in [0.15, 0.2) is 0 Å². The Morgan fingerprint density at radius 3 is 2.47 bits per heavy atom. The normalized spacial score (nSPS) is 17.7. The molecule has 4 heteroatoms. The van der Waals surface area contributed by atoms with E-state index in [1.807, 2.05) is 24.3 Å². The number of hydrogen-bond donors (Lipinski definition) is 0. The van der Waals surface area contributed by atoms with Crippen molar-refractivity contribution in [3.63, 3.8) is 0 Å². The van der Waals surface area contributed by atoms with Gasteiger partial charge in [-0.15, -0.1) is 0 Å². The Morgan fingerprint density at radius 1 is 1.32 bits per heavy atom. The maximum atomic E-state index is 8.82. The summed E-state index contributed by atoms with van der Waals surface area (Å²) in [5, 5.41) is 9.83. The predicted octanol–water partition coefficient (Wildman–Crippen LogP) is 3.19. The SMILES string of the molecule is CN(CC1(CBr)CCOCC1)c1ccc(C#N)cc1. The van der Waals surface area contributed by atoms with Crippen molar-refractivity contribution in [2.45, 2.75) is 12.8 Å². The van der Waals surface area contributed by atoms with Crippen LogP contribution in [0.3, 0.4) is 0 Å². The topological polar surface area (TPSA) is 36.3 Å². The summed E-state index contributed by atoms with van der Waals surface area (Å²) in [5.74, 6) is 0. The summed E-state index contributed by atoms with van der Waals surface area (Å²) in [7, 11) is 2.11. The third-order valence-corrected chi connectivity index (χ3v) is 5.04. The Balaban J connectivity index is 2.06. The van der Waals surface area contributed by atoms with Gasteiger partial charge < -0.3 is 9.64 Å². The molecule has 1 aliphatic rings. The zero-order valence-corrected chi connectivity index (χ0v) is 12.8. The molecule has 0 bridgehead atoms. The molecule has 1 saturated heterocycles. The summed E-state index contributed by atoms with van der Waals surface area (Å²) in [4.78, 5) is 2.27. The third-order valence-electron chi connectivity index (χ3n) is 3.85. The number of nitrogens with zero attached hydrogens (tertiary/aromatic N) is 2. The largest absolute Gasteiger partial charge is 0.381 e. The summed E-state index contributed by atoms with van der Waals surface area (Å²) in [6.07, 6.45) is 2.19. The molecule has 102 valence electrons. The second kappa shape index (κ2) is 6.40. The second-order valence-corrected chi connectivity index (χ2v) is 5.82. The lowest BCUT2D eigenvalue weighted by molar-refractivity contribution is 0.0304. The number of rotatable bonds is 4. The molecule has 1 fully saturated rings. The fourth-order valence-corrected chi connectivity index (χ4v) is 3.26. The highest BCUT2D eigenvalue weighted by molar-refractivity contribution is 9.09. The minimum Gasteiger partial charge on any atom is -0.381 e. The van der Waals surface area contributed by atoms with Gasteiger partial charge in [-0.3, -0.25) is 0 Å². The first kappa shape index (κ1) is 14.4. The van der Waals surface area contributed by atoms with Gasteiger partial charge in [0.2, 0.25) is 0 Å². The van der Waals surface area contributed by atoms with Crippen LogP contribution in [-0.4, -0.2) is 32.1 Å². The molecule has 0 aromatic heterocycles. The summed E-state index contributed by atoms with van der Waals surface area (Å²) < 4.78 is 5.47. The number of hydrogen-bond acceptors (Lipinski definition) is 3. The third kappa shape index (κ3) is 3.49. The first-order chi connectivity index (χ1) is 9.19. The van der Waals surface area contributed by atoms with Crippen molar-refractivity contribution in [2.75, 3.05) is 37.0 Å². The average molecular weight is 323 g/mol. The van der Waals surface area contributed by atoms with Crippen molar-refractivity contribution in [1.29, 1.82) is 5.26 Å². The quantitative estimate of drug-likeness (QED) is 0.799. The van der Waals surface area contributed by atoms with Crippen LogP contribution in [0.15, 0.2) is 24.3 Å². The lowest BCUT2D eigenvalue weighted by Gasteiger charge is -2.39. The first-order valence-electron chi connectivity index (χ1n) is 6.54. The highest BCUT2D eigenvalue weighted by Crippen LogP contribution is 2.34. The van der Waals surface area contributed by atoms with Crippen LogP contribution in [-0.2, 0) is 4.74 Å². The van der Waals surface area contributed by atoms with E-state index in [0.717, 1.165) is 43.6 Å². The molecule has 0 spiro atoms. The molecule has 0 radical (unpaired) electrons. The highest BCUT2D eigenvalue weighted by Gasteiger charge is 2.32. The van der Waals surface area contributed by atoms with E-state index in [1.54, 1.807) is 0 Å². The van der Waals surface area contributed by atoms with E-state index in [9.17, 15) is 0 Å². The molecular formula is C15H19BrN2O. The lowest BCUT2D eigenvalue weighted by Crippen LogP contribution is -2.41. The number of benzene rings is 1. The first-order valence-corrected chi connectivity index (χ1v) is 7.66. The maximum Gasteiger partial charge on any atom is 0.0991 e. The van der Waals surface area contributed by atoms with Crippen LogP contribution in [0.1, 0.15) is 18.4 Å². The minimum absolute atomic E-state index is 0.293. The Labute approximate surface area is 123 Å². The van der Waals surface area contributed by atoms with E-state index >= 15 is 0 Å². The molecule has 0 atom stereocenters. The molecule has 3 nitrogen and oxygen atoms in total. The van der Waals surface area contributed by atoms with E-state index in [0.29, 0.717) is 11.0 Å². The Bertz CT molecular complexity index is 446. The van der Waals surface area contributed by atoms with E-state index in [4.69, 9.17) is 10.00 Å². The van der Waals surface area contributed by atoms with Crippen molar-refractivity contribution < 1.29 is 4.74 Å². The molecule has 1 heterocycles. The zero-order valence-electron chi connectivity index (χ0n) is 11.2. The van der Waals surface area contributed by atoms with Gasteiger partial charge >= 0.3 is 0 Å². The smallest absolute Gasteiger partial charge is 0.0991 e. The monoisotopic (exact) mass is 322 g/mol. The van der Waals surface area contributed by atoms with Crippen LogP contribution in [0.25, 0.3) is 0 Å². The van der Waals surface area contributed by atoms with Crippen molar-refractivity contribution in [3.05, 3.63) is 29.8 Å². The summed E-state index contributed by atoms with van der Waals surface area (Å²) in [6, 6.07) is 9.92. The fraction of sp³-hybridized carbons (Fsp3) is 0.533. The van der Waals surface area contributed by atoms with Crippen LogP contribution in [0.2, 0.25) is 0 Å². The molecule has 0 unspecified atom stereocenters. The Hall–Kier alpha value is -1.05. The van der Waals surface area contributed by atoms with Gasteiger partial charge in [-0.2, -0.15) is 5.26 Å². The number of nitriles is 1. The van der Waals surface area contributed by atoms with Crippen LogP contribution >= 0.6 is 15.9 Å². The molecule has 1 aromatic rings. The number of halogens is 1.